The van der Waals surface area contributed by atoms with E-state index in [9.17, 15) is 14.3 Å². The van der Waals surface area contributed by atoms with Crippen LogP contribution in [0.4, 0.5) is 4.39 Å². The van der Waals surface area contributed by atoms with E-state index in [2.05, 4.69) is 17.4 Å². The van der Waals surface area contributed by atoms with Crippen molar-refractivity contribution >= 4 is 5.97 Å². The number of hydrogen-bond acceptors (Lipinski definition) is 4. The molecule has 5 nitrogen and oxygen atoms in total. The quantitative estimate of drug-likeness (QED) is 0.446. The summed E-state index contributed by atoms with van der Waals surface area (Å²) in [5, 5.41) is 13.2. The molecule has 0 aromatic heterocycles. The van der Waals surface area contributed by atoms with E-state index in [1.54, 1.807) is 12.1 Å². The Labute approximate surface area is 199 Å². The second-order valence-electron chi connectivity index (χ2n) is 8.77. The van der Waals surface area contributed by atoms with Gasteiger partial charge in [-0.2, -0.15) is 0 Å². The smallest absolute Gasteiger partial charge is 0.336 e. The minimum absolute atomic E-state index is 0.0526. The van der Waals surface area contributed by atoms with Gasteiger partial charge >= 0.3 is 5.97 Å². The molecule has 0 saturated carbocycles. The van der Waals surface area contributed by atoms with E-state index in [0.717, 1.165) is 46.4 Å². The highest BCUT2D eigenvalue weighted by atomic mass is 19.1. The Morgan fingerprint density at radius 1 is 1.15 bits per heavy atom. The van der Waals surface area contributed by atoms with Crippen LogP contribution in [-0.2, 0) is 6.42 Å². The number of benzene rings is 3. The van der Waals surface area contributed by atoms with Crippen molar-refractivity contribution in [1.82, 2.24) is 5.32 Å². The van der Waals surface area contributed by atoms with Gasteiger partial charge < -0.3 is 19.9 Å². The lowest BCUT2D eigenvalue weighted by Gasteiger charge is -2.34. The number of ether oxygens (including phenoxy) is 2. The van der Waals surface area contributed by atoms with Gasteiger partial charge in [0.05, 0.1) is 12.7 Å². The van der Waals surface area contributed by atoms with Gasteiger partial charge in [-0.05, 0) is 73.7 Å². The molecule has 0 aliphatic carbocycles. The Morgan fingerprint density at radius 3 is 2.71 bits per heavy atom. The molecule has 178 valence electrons. The number of hydrogen-bond donors (Lipinski definition) is 2. The first-order chi connectivity index (χ1) is 16.4. The highest BCUT2D eigenvalue weighted by molar-refractivity contribution is 5.91. The Bertz CT molecular complexity index is 1190. The summed E-state index contributed by atoms with van der Waals surface area (Å²) in [4.78, 5) is 11.9. The SMILES string of the molecule is COc1cc(CCNCC2CC(c3ccc(C)c(C(=O)O)c3C)c3ccccc3O2)ccc1F. The molecule has 4 rings (SSSR count). The summed E-state index contributed by atoms with van der Waals surface area (Å²) in [5.41, 5.74) is 5.07. The normalized spacial score (nSPS) is 17.1. The van der Waals surface area contributed by atoms with Crippen LogP contribution in [0.15, 0.2) is 54.6 Å². The van der Waals surface area contributed by atoms with Crippen molar-refractivity contribution in [3.8, 4) is 11.5 Å². The summed E-state index contributed by atoms with van der Waals surface area (Å²) in [7, 11) is 1.46. The fourth-order valence-corrected chi connectivity index (χ4v) is 4.84. The van der Waals surface area contributed by atoms with E-state index >= 15 is 0 Å². The number of fused-ring (bicyclic) bond motifs is 1. The maximum absolute atomic E-state index is 13.6. The summed E-state index contributed by atoms with van der Waals surface area (Å²) < 4.78 is 25.0. The lowest BCUT2D eigenvalue weighted by Crippen LogP contribution is -2.36. The van der Waals surface area contributed by atoms with Crippen molar-refractivity contribution in [2.24, 2.45) is 0 Å². The average molecular weight is 464 g/mol. The minimum Gasteiger partial charge on any atom is -0.494 e. The van der Waals surface area contributed by atoms with Crippen LogP contribution >= 0.6 is 0 Å². The van der Waals surface area contributed by atoms with Crippen LogP contribution in [-0.4, -0.2) is 37.4 Å². The summed E-state index contributed by atoms with van der Waals surface area (Å²) in [6.45, 7) is 5.10. The van der Waals surface area contributed by atoms with E-state index < -0.39 is 5.97 Å². The number of aryl methyl sites for hydroxylation is 1. The molecule has 0 amide bonds. The molecule has 3 aromatic rings. The van der Waals surface area contributed by atoms with Gasteiger partial charge in [0.1, 0.15) is 11.9 Å². The summed E-state index contributed by atoms with van der Waals surface area (Å²) in [6, 6.07) is 16.8. The second-order valence-corrected chi connectivity index (χ2v) is 8.77. The molecule has 0 saturated heterocycles. The molecule has 34 heavy (non-hydrogen) atoms. The topological polar surface area (TPSA) is 67.8 Å². The Morgan fingerprint density at radius 2 is 1.94 bits per heavy atom. The molecule has 2 N–H and O–H groups in total. The third-order valence-corrected chi connectivity index (χ3v) is 6.57. The number of halogens is 1. The van der Waals surface area contributed by atoms with E-state index in [0.29, 0.717) is 18.7 Å². The molecule has 0 fully saturated rings. The van der Waals surface area contributed by atoms with Gasteiger partial charge in [0.15, 0.2) is 11.6 Å². The third kappa shape index (κ3) is 4.92. The van der Waals surface area contributed by atoms with Crippen LogP contribution in [0.1, 0.15) is 50.5 Å². The lowest BCUT2D eigenvalue weighted by atomic mass is 9.80. The number of para-hydroxylation sites is 1. The molecule has 2 atom stereocenters. The van der Waals surface area contributed by atoms with E-state index in [1.165, 1.54) is 13.2 Å². The van der Waals surface area contributed by atoms with Gasteiger partial charge in [-0.25, -0.2) is 9.18 Å². The first-order valence-electron chi connectivity index (χ1n) is 11.5. The Hall–Kier alpha value is -3.38. The van der Waals surface area contributed by atoms with Crippen LogP contribution in [0.3, 0.4) is 0 Å². The van der Waals surface area contributed by atoms with E-state index in [4.69, 9.17) is 9.47 Å². The summed E-state index contributed by atoms with van der Waals surface area (Å²) in [6.07, 6.45) is 1.43. The fraction of sp³-hybridized carbons (Fsp3) is 0.321. The number of carboxylic acids is 1. The van der Waals surface area contributed by atoms with Gasteiger partial charge in [0.2, 0.25) is 0 Å². The number of rotatable bonds is 8. The fourth-order valence-electron chi connectivity index (χ4n) is 4.84. The second kappa shape index (κ2) is 10.3. The zero-order valence-electron chi connectivity index (χ0n) is 19.7. The Kier molecular flexibility index (Phi) is 7.17. The molecule has 2 unspecified atom stereocenters. The number of nitrogens with one attached hydrogen (secondary N) is 1. The van der Waals surface area contributed by atoms with E-state index in [-0.39, 0.29) is 23.6 Å². The van der Waals surface area contributed by atoms with E-state index in [1.807, 2.05) is 38.1 Å². The first kappa shape index (κ1) is 23.8. The van der Waals surface area contributed by atoms with Crippen molar-refractivity contribution in [2.45, 2.75) is 38.7 Å². The zero-order valence-corrected chi connectivity index (χ0v) is 19.7. The number of carboxylic acid groups (broad SMARTS) is 1. The van der Waals surface area contributed by atoms with Gasteiger partial charge in [-0.3, -0.25) is 0 Å². The molecule has 0 spiro atoms. The molecular weight excluding hydrogens is 433 g/mol. The monoisotopic (exact) mass is 463 g/mol. The maximum atomic E-state index is 13.6. The highest BCUT2D eigenvalue weighted by Crippen LogP contribution is 2.42. The van der Waals surface area contributed by atoms with Crippen LogP contribution < -0.4 is 14.8 Å². The van der Waals surface area contributed by atoms with Gasteiger partial charge in [-0.1, -0.05) is 36.4 Å². The van der Waals surface area contributed by atoms with Gasteiger partial charge in [-0.15, -0.1) is 0 Å². The third-order valence-electron chi connectivity index (χ3n) is 6.57. The molecular formula is C28H30FNO4. The predicted octanol–water partition coefficient (Wildman–Crippen LogP) is 5.26. The first-order valence-corrected chi connectivity index (χ1v) is 11.5. The summed E-state index contributed by atoms with van der Waals surface area (Å²) in [5.74, 6) is -0.117. The van der Waals surface area contributed by atoms with Crippen LogP contribution in [0.5, 0.6) is 11.5 Å². The van der Waals surface area contributed by atoms with Crippen LogP contribution in [0.2, 0.25) is 0 Å². The van der Waals surface area contributed by atoms with Crippen LogP contribution in [0.25, 0.3) is 0 Å². The van der Waals surface area contributed by atoms with Crippen molar-refractivity contribution in [3.63, 3.8) is 0 Å². The average Bonchev–Trinajstić information content (AvgIpc) is 2.82. The predicted molar refractivity (Wildman–Crippen MR) is 130 cm³/mol. The molecule has 0 radical (unpaired) electrons. The molecule has 1 heterocycles. The van der Waals surface area contributed by atoms with Crippen molar-refractivity contribution in [3.05, 3.63) is 93.8 Å². The largest absolute Gasteiger partial charge is 0.494 e. The molecule has 6 heteroatoms. The van der Waals surface area contributed by atoms with Crippen molar-refractivity contribution in [2.75, 3.05) is 20.2 Å². The number of aromatic carboxylic acids is 1. The van der Waals surface area contributed by atoms with Gasteiger partial charge in [0.25, 0.3) is 0 Å². The zero-order chi connectivity index (χ0) is 24.2. The lowest BCUT2D eigenvalue weighted by molar-refractivity contribution is 0.0695. The number of methoxy groups -OCH3 is 1. The minimum atomic E-state index is -0.896. The highest BCUT2D eigenvalue weighted by Gasteiger charge is 2.31. The maximum Gasteiger partial charge on any atom is 0.336 e. The van der Waals surface area contributed by atoms with Gasteiger partial charge in [0, 0.05) is 18.0 Å². The standard InChI is InChI=1S/C28H30FNO4/c1-17-8-10-21(18(2)27(17)28(31)32)23-15-20(34-25-7-5-4-6-22(23)25)16-30-13-12-19-9-11-24(29)26(14-19)33-3/h4-11,14,20,23,30H,12-13,15-16H2,1-3H3,(H,31,32). The molecule has 0 bridgehead atoms. The number of carbonyl (C=O) groups is 1. The van der Waals surface area contributed by atoms with Crippen LogP contribution in [0, 0.1) is 19.7 Å². The summed E-state index contributed by atoms with van der Waals surface area (Å²) >= 11 is 0. The molecule has 3 aromatic carbocycles. The Balaban J connectivity index is 1.48. The molecule has 1 aliphatic rings. The van der Waals surface area contributed by atoms with Crippen molar-refractivity contribution in [1.29, 1.82) is 0 Å². The van der Waals surface area contributed by atoms with Crippen molar-refractivity contribution < 1.29 is 23.8 Å². The molecule has 1 aliphatic heterocycles.